The number of rotatable bonds is 0. The van der Waals surface area contributed by atoms with Gasteiger partial charge in [-0.3, -0.25) is 4.79 Å². The molecule has 0 aliphatic carbocycles. The summed E-state index contributed by atoms with van der Waals surface area (Å²) in [6, 6.07) is 2.23. The summed E-state index contributed by atoms with van der Waals surface area (Å²) >= 11 is 2.85. The van der Waals surface area contributed by atoms with Crippen molar-refractivity contribution in [2.75, 3.05) is 0 Å². The highest BCUT2D eigenvalue weighted by atomic mass is 79.9. The quantitative estimate of drug-likeness (QED) is 0.736. The Bertz CT molecular complexity index is 606. The van der Waals surface area contributed by atoms with Crippen LogP contribution in [0.4, 0.5) is 8.78 Å². The largest absolute Gasteiger partial charge is 0.356 e. The Hall–Kier alpha value is -1.23. The fourth-order valence-electron chi connectivity index (χ4n) is 1.45. The molecule has 2 nitrogen and oxygen atoms in total. The summed E-state index contributed by atoms with van der Waals surface area (Å²) < 4.78 is 26.9. The van der Waals surface area contributed by atoms with E-state index in [4.69, 9.17) is 0 Å². The molecular formula is C10H6BrF2NO. The van der Waals surface area contributed by atoms with Crippen LogP contribution in [-0.2, 0) is 0 Å². The first-order chi connectivity index (χ1) is 7.00. The Balaban J connectivity index is 3.10. The lowest BCUT2D eigenvalue weighted by Crippen LogP contribution is -2.07. The molecule has 0 spiro atoms. The average molecular weight is 274 g/mol. The molecule has 0 amide bonds. The highest BCUT2D eigenvalue weighted by Gasteiger charge is 2.14. The van der Waals surface area contributed by atoms with E-state index in [0.29, 0.717) is 5.69 Å². The molecule has 0 atom stereocenters. The number of benzene rings is 1. The fraction of sp³-hybridized carbons (Fsp3) is 0.100. The molecular weight excluding hydrogens is 268 g/mol. The van der Waals surface area contributed by atoms with Gasteiger partial charge in [-0.15, -0.1) is 0 Å². The highest BCUT2D eigenvalue weighted by molar-refractivity contribution is 9.10. The lowest BCUT2D eigenvalue weighted by atomic mass is 10.2. The molecule has 0 radical (unpaired) electrons. The van der Waals surface area contributed by atoms with Gasteiger partial charge in [0, 0.05) is 11.8 Å². The van der Waals surface area contributed by atoms with E-state index in [1.807, 2.05) is 0 Å². The van der Waals surface area contributed by atoms with Gasteiger partial charge in [0.1, 0.15) is 5.82 Å². The van der Waals surface area contributed by atoms with Crippen molar-refractivity contribution in [3.63, 3.8) is 0 Å². The van der Waals surface area contributed by atoms with E-state index in [-0.39, 0.29) is 15.4 Å². The number of H-pyrrole nitrogens is 1. The molecule has 0 bridgehead atoms. The molecule has 1 N–H and O–H groups in total. The van der Waals surface area contributed by atoms with Gasteiger partial charge in [0.15, 0.2) is 11.2 Å². The van der Waals surface area contributed by atoms with Gasteiger partial charge in [0.2, 0.25) is 0 Å². The van der Waals surface area contributed by atoms with Crippen molar-refractivity contribution in [2.24, 2.45) is 0 Å². The van der Waals surface area contributed by atoms with E-state index >= 15 is 0 Å². The summed E-state index contributed by atoms with van der Waals surface area (Å²) in [5, 5.41) is -0.257. The lowest BCUT2D eigenvalue weighted by Gasteiger charge is -2.04. The van der Waals surface area contributed by atoms with Gasteiger partial charge in [-0.1, -0.05) is 0 Å². The Morgan fingerprint density at radius 3 is 2.67 bits per heavy atom. The van der Waals surface area contributed by atoms with E-state index in [1.54, 1.807) is 6.92 Å². The molecule has 1 aromatic carbocycles. The molecule has 0 unspecified atom stereocenters. The number of aryl methyl sites for hydroxylation is 1. The monoisotopic (exact) mass is 273 g/mol. The number of halogens is 3. The molecule has 0 aliphatic rings. The first-order valence-electron chi connectivity index (χ1n) is 4.18. The van der Waals surface area contributed by atoms with Crippen LogP contribution in [0.2, 0.25) is 0 Å². The van der Waals surface area contributed by atoms with E-state index < -0.39 is 17.1 Å². The minimum atomic E-state index is -0.743. The van der Waals surface area contributed by atoms with Crippen molar-refractivity contribution in [1.82, 2.24) is 4.98 Å². The smallest absolute Gasteiger partial charge is 0.192 e. The number of fused-ring (bicyclic) bond motifs is 1. The fourth-order valence-corrected chi connectivity index (χ4v) is 1.85. The van der Waals surface area contributed by atoms with Crippen molar-refractivity contribution in [1.29, 1.82) is 0 Å². The van der Waals surface area contributed by atoms with Gasteiger partial charge in [-0.2, -0.15) is 0 Å². The highest BCUT2D eigenvalue weighted by Crippen LogP contribution is 2.24. The summed E-state index contributed by atoms with van der Waals surface area (Å²) in [6.45, 7) is 1.61. The summed E-state index contributed by atoms with van der Waals surface area (Å²) in [7, 11) is 0. The minimum Gasteiger partial charge on any atom is -0.356 e. The second-order valence-electron chi connectivity index (χ2n) is 3.22. The number of pyridine rings is 1. The summed E-state index contributed by atoms with van der Waals surface area (Å²) in [5.74, 6) is -1.40. The van der Waals surface area contributed by atoms with Gasteiger partial charge >= 0.3 is 0 Å². The predicted octanol–water partition coefficient (Wildman–Crippen LogP) is 2.88. The summed E-state index contributed by atoms with van der Waals surface area (Å²) in [4.78, 5) is 14.1. The Labute approximate surface area is 92.1 Å². The van der Waals surface area contributed by atoms with Crippen LogP contribution in [0.3, 0.4) is 0 Å². The Morgan fingerprint density at radius 2 is 2.00 bits per heavy atom. The second kappa shape index (κ2) is 3.41. The molecule has 5 heteroatoms. The molecule has 1 heterocycles. The zero-order valence-corrected chi connectivity index (χ0v) is 9.28. The lowest BCUT2D eigenvalue weighted by molar-refractivity contribution is 0.609. The normalized spacial score (nSPS) is 10.9. The van der Waals surface area contributed by atoms with Crippen LogP contribution in [0, 0.1) is 18.6 Å². The van der Waals surface area contributed by atoms with Gasteiger partial charge < -0.3 is 4.98 Å². The molecule has 15 heavy (non-hydrogen) atoms. The third kappa shape index (κ3) is 1.56. The average Bonchev–Trinajstić information content (AvgIpc) is 2.13. The minimum absolute atomic E-state index is 0.0538. The molecule has 2 rings (SSSR count). The first-order valence-corrected chi connectivity index (χ1v) is 4.97. The third-order valence-corrected chi connectivity index (χ3v) is 2.66. The zero-order chi connectivity index (χ0) is 11.2. The number of hydrogen-bond donors (Lipinski definition) is 1. The van der Waals surface area contributed by atoms with Crippen molar-refractivity contribution in [3.05, 3.63) is 44.2 Å². The summed E-state index contributed by atoms with van der Waals surface area (Å²) in [5.41, 5.74) is -0.132. The molecule has 2 aromatic rings. The number of hydrogen-bond acceptors (Lipinski definition) is 1. The van der Waals surface area contributed by atoms with Crippen LogP contribution in [0.25, 0.3) is 10.9 Å². The maximum absolute atomic E-state index is 13.5. The van der Waals surface area contributed by atoms with Crippen molar-refractivity contribution < 1.29 is 8.78 Å². The van der Waals surface area contributed by atoms with E-state index in [0.717, 1.165) is 6.07 Å². The van der Waals surface area contributed by atoms with Crippen LogP contribution in [0.1, 0.15) is 5.69 Å². The standard InChI is InChI=1S/C10H6BrF2NO/c1-4-2-7(15)8-9(13)5(11)3-6(12)10(8)14-4/h2-3H,1H3,(H,14,15). The van der Waals surface area contributed by atoms with Gasteiger partial charge in [-0.25, -0.2) is 8.78 Å². The van der Waals surface area contributed by atoms with Crippen LogP contribution >= 0.6 is 15.9 Å². The maximum atomic E-state index is 13.5. The van der Waals surface area contributed by atoms with E-state index in [1.165, 1.54) is 6.07 Å². The molecule has 78 valence electrons. The van der Waals surface area contributed by atoms with Gasteiger partial charge in [-0.05, 0) is 28.9 Å². The van der Waals surface area contributed by atoms with E-state index in [9.17, 15) is 13.6 Å². The van der Waals surface area contributed by atoms with Crippen LogP contribution in [0.5, 0.6) is 0 Å². The first kappa shape index (κ1) is 10.3. The number of nitrogens with one attached hydrogen (secondary N) is 1. The predicted molar refractivity (Wildman–Crippen MR) is 56.9 cm³/mol. The Morgan fingerprint density at radius 1 is 1.33 bits per heavy atom. The molecule has 0 saturated carbocycles. The molecule has 0 aliphatic heterocycles. The zero-order valence-electron chi connectivity index (χ0n) is 7.70. The second-order valence-corrected chi connectivity index (χ2v) is 4.08. The number of aromatic amines is 1. The van der Waals surface area contributed by atoms with Gasteiger partial charge in [0.05, 0.1) is 15.4 Å². The van der Waals surface area contributed by atoms with Crippen molar-refractivity contribution >= 4 is 26.8 Å². The molecule has 1 aromatic heterocycles. The van der Waals surface area contributed by atoms with E-state index in [2.05, 4.69) is 20.9 Å². The van der Waals surface area contributed by atoms with Crippen molar-refractivity contribution in [3.8, 4) is 0 Å². The maximum Gasteiger partial charge on any atom is 0.192 e. The van der Waals surface area contributed by atoms with Crippen LogP contribution in [0.15, 0.2) is 21.4 Å². The SMILES string of the molecule is Cc1cc(=O)c2c(F)c(Br)cc(F)c2[nH]1. The topological polar surface area (TPSA) is 32.9 Å². The number of aromatic nitrogens is 1. The Kier molecular flexibility index (Phi) is 2.34. The van der Waals surface area contributed by atoms with Crippen LogP contribution < -0.4 is 5.43 Å². The van der Waals surface area contributed by atoms with Gasteiger partial charge in [0.25, 0.3) is 0 Å². The molecule has 0 saturated heterocycles. The molecule has 0 fully saturated rings. The third-order valence-electron chi connectivity index (χ3n) is 2.09. The summed E-state index contributed by atoms with van der Waals surface area (Å²) in [6.07, 6.45) is 0. The van der Waals surface area contributed by atoms with Crippen LogP contribution in [-0.4, -0.2) is 4.98 Å². The van der Waals surface area contributed by atoms with Crippen molar-refractivity contribution in [2.45, 2.75) is 6.92 Å².